The Morgan fingerprint density at radius 1 is 1.16 bits per heavy atom. The number of para-hydroxylation sites is 1. The van der Waals surface area contributed by atoms with Gasteiger partial charge >= 0.3 is 5.97 Å². The zero-order valence-corrected chi connectivity index (χ0v) is 18.1. The van der Waals surface area contributed by atoms with Gasteiger partial charge in [-0.15, -0.1) is 17.9 Å². The second kappa shape index (κ2) is 10.0. The predicted molar refractivity (Wildman–Crippen MR) is 120 cm³/mol. The van der Waals surface area contributed by atoms with E-state index in [1.54, 1.807) is 24.3 Å². The highest BCUT2D eigenvalue weighted by Gasteiger charge is 2.25. The van der Waals surface area contributed by atoms with Gasteiger partial charge in [0.05, 0.1) is 7.11 Å². The molecule has 0 unspecified atom stereocenters. The number of hydrogen-bond donors (Lipinski definition) is 1. The molecule has 7 heteroatoms. The number of esters is 1. The Kier molecular flexibility index (Phi) is 7.20. The lowest BCUT2D eigenvalue weighted by molar-refractivity contribution is -0.118. The Hall–Kier alpha value is -3.45. The smallest absolute Gasteiger partial charge is 0.341 e. The quantitative estimate of drug-likeness (QED) is 0.377. The summed E-state index contributed by atoms with van der Waals surface area (Å²) in [7, 11) is 1.27. The van der Waals surface area contributed by atoms with Gasteiger partial charge < -0.3 is 14.8 Å². The third-order valence-corrected chi connectivity index (χ3v) is 5.58. The summed E-state index contributed by atoms with van der Waals surface area (Å²) < 4.78 is 23.9. The fourth-order valence-electron chi connectivity index (χ4n) is 3.17. The van der Waals surface area contributed by atoms with E-state index >= 15 is 0 Å². The molecule has 2 aromatic carbocycles. The zero-order valence-electron chi connectivity index (χ0n) is 17.2. The maximum atomic E-state index is 13.3. The molecule has 0 saturated heterocycles. The van der Waals surface area contributed by atoms with Crippen LogP contribution < -0.4 is 10.1 Å². The Labute approximate surface area is 184 Å². The second-order valence-electron chi connectivity index (χ2n) is 6.67. The molecular formula is C24H22FNO4S. The van der Waals surface area contributed by atoms with Crippen LogP contribution in [0.25, 0.3) is 11.1 Å². The summed E-state index contributed by atoms with van der Waals surface area (Å²) in [6.45, 7) is 5.33. The van der Waals surface area contributed by atoms with Crippen molar-refractivity contribution in [2.24, 2.45) is 0 Å². The van der Waals surface area contributed by atoms with Crippen molar-refractivity contribution in [1.82, 2.24) is 0 Å². The Morgan fingerprint density at radius 3 is 2.55 bits per heavy atom. The van der Waals surface area contributed by atoms with Gasteiger partial charge in [0.1, 0.15) is 22.1 Å². The topological polar surface area (TPSA) is 64.6 Å². The van der Waals surface area contributed by atoms with Crippen molar-refractivity contribution >= 4 is 28.2 Å². The van der Waals surface area contributed by atoms with Crippen LogP contribution in [0.15, 0.2) is 61.2 Å². The van der Waals surface area contributed by atoms with Crippen molar-refractivity contribution in [1.29, 1.82) is 0 Å². The molecule has 31 heavy (non-hydrogen) atoms. The highest BCUT2D eigenvalue weighted by atomic mass is 32.1. The van der Waals surface area contributed by atoms with Crippen LogP contribution in [0.4, 0.5) is 9.39 Å². The monoisotopic (exact) mass is 439 g/mol. The minimum atomic E-state index is -0.587. The Balaban J connectivity index is 1.83. The fraction of sp³-hybridized carbons (Fsp3) is 0.167. The van der Waals surface area contributed by atoms with Gasteiger partial charge in [0.15, 0.2) is 6.61 Å². The number of nitrogens with one attached hydrogen (secondary N) is 1. The van der Waals surface area contributed by atoms with Crippen LogP contribution in [0, 0.1) is 12.7 Å². The molecule has 5 nitrogen and oxygen atoms in total. The molecule has 1 heterocycles. The molecule has 0 atom stereocenters. The molecular weight excluding hydrogens is 417 g/mol. The van der Waals surface area contributed by atoms with Gasteiger partial charge in [-0.05, 0) is 42.7 Å². The number of hydrogen-bond acceptors (Lipinski definition) is 5. The summed E-state index contributed by atoms with van der Waals surface area (Å²) in [5.41, 5.74) is 2.41. The van der Waals surface area contributed by atoms with Crippen LogP contribution in [0.3, 0.4) is 0 Å². The van der Waals surface area contributed by atoms with Gasteiger partial charge in [-0.3, -0.25) is 4.79 Å². The summed E-state index contributed by atoms with van der Waals surface area (Å²) in [5, 5.41) is 3.11. The molecule has 0 radical (unpaired) electrons. The Morgan fingerprint density at radius 2 is 1.87 bits per heavy atom. The van der Waals surface area contributed by atoms with E-state index in [9.17, 15) is 14.0 Å². The van der Waals surface area contributed by atoms with E-state index in [4.69, 9.17) is 9.47 Å². The molecule has 1 amide bonds. The summed E-state index contributed by atoms with van der Waals surface area (Å²) in [5.74, 6) is -0.777. The van der Waals surface area contributed by atoms with Crippen LogP contribution in [-0.4, -0.2) is 25.6 Å². The van der Waals surface area contributed by atoms with Crippen molar-refractivity contribution in [3.63, 3.8) is 0 Å². The standard InChI is InChI=1S/C24H22FNO4S/c1-4-7-16-8-5-6-9-19(16)30-14-20(27)26-23-22(24(28)29-3)21(15(2)31-23)17-10-12-18(25)13-11-17/h4-6,8-13H,1,7,14H2,2-3H3,(H,26,27). The molecule has 1 aromatic heterocycles. The van der Waals surface area contributed by atoms with Crippen molar-refractivity contribution in [2.75, 3.05) is 19.0 Å². The molecule has 0 spiro atoms. The predicted octanol–water partition coefficient (Wildman–Crippen LogP) is 5.40. The summed E-state index contributed by atoms with van der Waals surface area (Å²) in [6, 6.07) is 13.2. The number of allylic oxidation sites excluding steroid dienone is 1. The van der Waals surface area contributed by atoms with E-state index in [2.05, 4.69) is 11.9 Å². The van der Waals surface area contributed by atoms with Crippen LogP contribution in [0.1, 0.15) is 20.8 Å². The molecule has 0 aliphatic rings. The molecule has 0 fully saturated rings. The van der Waals surface area contributed by atoms with Crippen LogP contribution in [-0.2, 0) is 16.0 Å². The molecule has 0 aliphatic heterocycles. The van der Waals surface area contributed by atoms with Crippen molar-refractivity contribution in [2.45, 2.75) is 13.3 Å². The van der Waals surface area contributed by atoms with Crippen LogP contribution in [0.2, 0.25) is 0 Å². The molecule has 160 valence electrons. The van der Waals surface area contributed by atoms with E-state index in [0.29, 0.717) is 28.3 Å². The van der Waals surface area contributed by atoms with E-state index in [1.807, 2.05) is 25.1 Å². The van der Waals surface area contributed by atoms with Gasteiger partial charge in [-0.2, -0.15) is 0 Å². The third-order valence-electron chi connectivity index (χ3n) is 4.56. The number of carbonyl (C=O) groups excluding carboxylic acids is 2. The average molecular weight is 440 g/mol. The van der Waals surface area contributed by atoms with Gasteiger partial charge in [-0.1, -0.05) is 36.4 Å². The van der Waals surface area contributed by atoms with Crippen LogP contribution >= 0.6 is 11.3 Å². The number of carbonyl (C=O) groups is 2. The van der Waals surface area contributed by atoms with E-state index < -0.39 is 11.9 Å². The summed E-state index contributed by atoms with van der Waals surface area (Å²) in [4.78, 5) is 25.9. The minimum absolute atomic E-state index is 0.225. The van der Waals surface area contributed by atoms with E-state index in [-0.39, 0.29) is 18.0 Å². The number of ether oxygens (including phenoxy) is 2. The highest BCUT2D eigenvalue weighted by Crippen LogP contribution is 2.40. The summed E-state index contributed by atoms with van der Waals surface area (Å²) in [6.07, 6.45) is 2.38. The van der Waals surface area contributed by atoms with Gasteiger partial charge in [-0.25, -0.2) is 9.18 Å². The first-order valence-electron chi connectivity index (χ1n) is 9.53. The first-order valence-corrected chi connectivity index (χ1v) is 10.3. The number of benzene rings is 2. The lowest BCUT2D eigenvalue weighted by Crippen LogP contribution is -2.21. The fourth-order valence-corrected chi connectivity index (χ4v) is 4.25. The SMILES string of the molecule is C=CCc1ccccc1OCC(=O)Nc1sc(C)c(-c2ccc(F)cc2)c1C(=O)OC. The molecule has 3 rings (SSSR count). The van der Waals surface area contributed by atoms with Gasteiger partial charge in [0.25, 0.3) is 5.91 Å². The molecule has 0 aliphatic carbocycles. The third kappa shape index (κ3) is 5.19. The molecule has 3 aromatic rings. The first-order chi connectivity index (χ1) is 14.9. The maximum Gasteiger partial charge on any atom is 0.341 e. The molecule has 1 N–H and O–H groups in total. The zero-order chi connectivity index (χ0) is 22.4. The molecule has 0 bridgehead atoms. The normalized spacial score (nSPS) is 10.4. The largest absolute Gasteiger partial charge is 0.483 e. The van der Waals surface area contributed by atoms with Crippen molar-refractivity contribution in [3.8, 4) is 16.9 Å². The number of thiophene rings is 1. The van der Waals surface area contributed by atoms with Crippen LogP contribution in [0.5, 0.6) is 5.75 Å². The van der Waals surface area contributed by atoms with Gasteiger partial charge in [0.2, 0.25) is 0 Å². The average Bonchev–Trinajstić information content (AvgIpc) is 3.08. The lowest BCUT2D eigenvalue weighted by atomic mass is 10.0. The van der Waals surface area contributed by atoms with Gasteiger partial charge in [0, 0.05) is 10.4 Å². The maximum absolute atomic E-state index is 13.3. The minimum Gasteiger partial charge on any atom is -0.483 e. The number of amides is 1. The summed E-state index contributed by atoms with van der Waals surface area (Å²) >= 11 is 1.25. The van der Waals surface area contributed by atoms with Crippen molar-refractivity contribution in [3.05, 3.63) is 83.0 Å². The molecule has 0 saturated carbocycles. The highest BCUT2D eigenvalue weighted by molar-refractivity contribution is 7.17. The number of anilines is 1. The number of halogens is 1. The van der Waals surface area contributed by atoms with E-state index in [1.165, 1.54) is 30.6 Å². The lowest BCUT2D eigenvalue weighted by Gasteiger charge is -2.11. The number of methoxy groups -OCH3 is 1. The first kappa shape index (κ1) is 22.2. The number of rotatable bonds is 8. The second-order valence-corrected chi connectivity index (χ2v) is 7.90. The Bertz CT molecular complexity index is 1110. The number of aryl methyl sites for hydroxylation is 1. The van der Waals surface area contributed by atoms with E-state index in [0.717, 1.165) is 10.4 Å². The van der Waals surface area contributed by atoms with Crippen molar-refractivity contribution < 1.29 is 23.5 Å².